The maximum atomic E-state index is 13.2. The van der Waals surface area contributed by atoms with Gasteiger partial charge in [-0.3, -0.25) is 0 Å². The van der Waals surface area contributed by atoms with E-state index in [0.29, 0.717) is 6.04 Å². The topological polar surface area (TPSA) is 15.3 Å². The van der Waals surface area contributed by atoms with Crippen LogP contribution in [-0.4, -0.2) is 25.7 Å². The first-order valence-electron chi connectivity index (χ1n) is 6.04. The monoisotopic (exact) mass is 222 g/mol. The largest absolute Gasteiger partial charge is 0.369 e. The molecule has 1 aliphatic rings. The highest BCUT2D eigenvalue weighted by atomic mass is 19.1. The molecular weight excluding hydrogens is 203 g/mol. The molecule has 0 atom stereocenters. The van der Waals surface area contributed by atoms with Crippen LogP contribution in [0.25, 0.3) is 0 Å². The van der Waals surface area contributed by atoms with E-state index in [9.17, 15) is 4.39 Å². The van der Waals surface area contributed by atoms with Crippen molar-refractivity contribution in [3.05, 3.63) is 30.1 Å². The zero-order valence-electron chi connectivity index (χ0n) is 9.75. The molecule has 3 heteroatoms. The van der Waals surface area contributed by atoms with Crippen LogP contribution in [0.3, 0.4) is 0 Å². The number of benzene rings is 1. The molecule has 2 nitrogen and oxygen atoms in total. The van der Waals surface area contributed by atoms with Crippen LogP contribution in [-0.2, 0) is 0 Å². The third-order valence-corrected chi connectivity index (χ3v) is 3.23. The average molecular weight is 222 g/mol. The van der Waals surface area contributed by atoms with Gasteiger partial charge in [0.1, 0.15) is 5.82 Å². The molecule has 88 valence electrons. The molecular formula is C13H19FN2. The number of rotatable bonds is 3. The SMILES string of the molecule is CCN(c1cccc(F)c1)C1CCNCC1. The Morgan fingerprint density at radius 2 is 2.12 bits per heavy atom. The minimum Gasteiger partial charge on any atom is -0.369 e. The minimum absolute atomic E-state index is 0.148. The summed E-state index contributed by atoms with van der Waals surface area (Å²) in [6, 6.07) is 7.46. The Morgan fingerprint density at radius 3 is 2.75 bits per heavy atom. The van der Waals surface area contributed by atoms with Gasteiger partial charge in [-0.15, -0.1) is 0 Å². The highest BCUT2D eigenvalue weighted by molar-refractivity contribution is 5.47. The molecule has 0 spiro atoms. The molecule has 0 saturated carbocycles. The van der Waals surface area contributed by atoms with Crippen LogP contribution >= 0.6 is 0 Å². The summed E-state index contributed by atoms with van der Waals surface area (Å²) in [5, 5.41) is 3.36. The van der Waals surface area contributed by atoms with Crippen LogP contribution < -0.4 is 10.2 Å². The van der Waals surface area contributed by atoms with E-state index in [0.717, 1.165) is 38.2 Å². The lowest BCUT2D eigenvalue weighted by Gasteiger charge is -2.35. The van der Waals surface area contributed by atoms with Crippen molar-refractivity contribution >= 4 is 5.69 Å². The van der Waals surface area contributed by atoms with Gasteiger partial charge in [0.2, 0.25) is 0 Å². The Balaban J connectivity index is 2.14. The van der Waals surface area contributed by atoms with Gasteiger partial charge in [0.25, 0.3) is 0 Å². The number of nitrogens with one attached hydrogen (secondary N) is 1. The lowest BCUT2D eigenvalue weighted by atomic mass is 10.0. The normalized spacial score (nSPS) is 17.4. The Labute approximate surface area is 96.5 Å². The lowest BCUT2D eigenvalue weighted by Crippen LogP contribution is -2.43. The maximum absolute atomic E-state index is 13.2. The quantitative estimate of drug-likeness (QED) is 0.845. The second-order valence-corrected chi connectivity index (χ2v) is 4.25. The number of hydrogen-bond acceptors (Lipinski definition) is 2. The molecule has 1 aromatic carbocycles. The van der Waals surface area contributed by atoms with Crippen molar-refractivity contribution in [1.82, 2.24) is 5.32 Å². The summed E-state index contributed by atoms with van der Waals surface area (Å²) in [7, 11) is 0. The molecule has 0 aromatic heterocycles. The molecule has 1 N–H and O–H groups in total. The van der Waals surface area contributed by atoms with E-state index in [1.54, 1.807) is 12.1 Å². The number of anilines is 1. The summed E-state index contributed by atoms with van der Waals surface area (Å²) in [5.74, 6) is -0.148. The summed E-state index contributed by atoms with van der Waals surface area (Å²) >= 11 is 0. The Kier molecular flexibility index (Phi) is 3.78. The highest BCUT2D eigenvalue weighted by Crippen LogP contribution is 2.22. The van der Waals surface area contributed by atoms with Crippen LogP contribution in [0.1, 0.15) is 19.8 Å². The van der Waals surface area contributed by atoms with Crippen molar-refractivity contribution < 1.29 is 4.39 Å². The zero-order valence-corrected chi connectivity index (χ0v) is 9.75. The van der Waals surface area contributed by atoms with Gasteiger partial charge >= 0.3 is 0 Å². The summed E-state index contributed by atoms with van der Waals surface area (Å²) < 4.78 is 13.2. The van der Waals surface area contributed by atoms with Crippen molar-refractivity contribution in [3.63, 3.8) is 0 Å². The van der Waals surface area contributed by atoms with E-state index < -0.39 is 0 Å². The molecule has 0 bridgehead atoms. The van der Waals surface area contributed by atoms with Gasteiger partial charge in [-0.05, 0) is 51.1 Å². The van der Waals surface area contributed by atoms with Gasteiger partial charge in [-0.2, -0.15) is 0 Å². The third kappa shape index (κ3) is 2.53. The molecule has 1 saturated heterocycles. The first-order valence-corrected chi connectivity index (χ1v) is 6.04. The van der Waals surface area contributed by atoms with Gasteiger partial charge in [0, 0.05) is 18.3 Å². The molecule has 0 aliphatic carbocycles. The van der Waals surface area contributed by atoms with Gasteiger partial charge in [-0.1, -0.05) is 6.07 Å². The fraction of sp³-hybridized carbons (Fsp3) is 0.538. The van der Waals surface area contributed by atoms with Gasteiger partial charge in [-0.25, -0.2) is 4.39 Å². The van der Waals surface area contributed by atoms with Crippen LogP contribution in [0.2, 0.25) is 0 Å². The standard InChI is InChI=1S/C13H19FN2/c1-2-16(12-6-8-15-9-7-12)13-5-3-4-11(14)10-13/h3-5,10,12,15H,2,6-9H2,1H3. The highest BCUT2D eigenvalue weighted by Gasteiger charge is 2.19. The Bertz CT molecular complexity index is 334. The minimum atomic E-state index is -0.148. The molecule has 16 heavy (non-hydrogen) atoms. The number of halogens is 1. The van der Waals surface area contributed by atoms with E-state index in [1.165, 1.54) is 6.07 Å². The van der Waals surface area contributed by atoms with E-state index in [-0.39, 0.29) is 5.82 Å². The molecule has 0 unspecified atom stereocenters. The van der Waals surface area contributed by atoms with Crippen LogP contribution in [0.4, 0.5) is 10.1 Å². The molecule has 0 radical (unpaired) electrons. The number of hydrogen-bond donors (Lipinski definition) is 1. The van der Waals surface area contributed by atoms with Crippen molar-refractivity contribution in [2.24, 2.45) is 0 Å². The lowest BCUT2D eigenvalue weighted by molar-refractivity contribution is 0.433. The third-order valence-electron chi connectivity index (χ3n) is 3.23. The van der Waals surface area contributed by atoms with Crippen molar-refractivity contribution in [3.8, 4) is 0 Å². The second kappa shape index (κ2) is 5.30. The average Bonchev–Trinajstić information content (AvgIpc) is 2.31. The van der Waals surface area contributed by atoms with E-state index >= 15 is 0 Å². The summed E-state index contributed by atoms with van der Waals surface area (Å²) in [6.07, 6.45) is 2.29. The van der Waals surface area contributed by atoms with E-state index in [2.05, 4.69) is 17.1 Å². The van der Waals surface area contributed by atoms with Gasteiger partial charge in [0.15, 0.2) is 0 Å². The van der Waals surface area contributed by atoms with Crippen LogP contribution in [0, 0.1) is 5.82 Å². The molecule has 1 fully saturated rings. The summed E-state index contributed by atoms with van der Waals surface area (Å²) in [5.41, 5.74) is 1.01. The molecule has 2 rings (SSSR count). The van der Waals surface area contributed by atoms with Crippen LogP contribution in [0.5, 0.6) is 0 Å². The fourth-order valence-corrected chi connectivity index (χ4v) is 2.42. The van der Waals surface area contributed by atoms with E-state index in [1.807, 2.05) is 6.07 Å². The summed E-state index contributed by atoms with van der Waals surface area (Å²) in [4.78, 5) is 2.31. The first-order chi connectivity index (χ1) is 7.81. The molecule has 0 amide bonds. The van der Waals surface area contributed by atoms with Gasteiger partial charge < -0.3 is 10.2 Å². The van der Waals surface area contributed by atoms with Crippen LogP contribution in [0.15, 0.2) is 24.3 Å². The van der Waals surface area contributed by atoms with Crippen molar-refractivity contribution in [2.75, 3.05) is 24.5 Å². The maximum Gasteiger partial charge on any atom is 0.125 e. The van der Waals surface area contributed by atoms with E-state index in [4.69, 9.17) is 0 Å². The number of piperidine rings is 1. The summed E-state index contributed by atoms with van der Waals surface area (Å²) in [6.45, 7) is 5.20. The predicted molar refractivity (Wildman–Crippen MR) is 65.3 cm³/mol. The first kappa shape index (κ1) is 11.4. The van der Waals surface area contributed by atoms with Crippen molar-refractivity contribution in [2.45, 2.75) is 25.8 Å². The molecule has 1 heterocycles. The molecule has 1 aliphatic heterocycles. The second-order valence-electron chi connectivity index (χ2n) is 4.25. The number of nitrogens with zero attached hydrogens (tertiary/aromatic N) is 1. The van der Waals surface area contributed by atoms with Crippen molar-refractivity contribution in [1.29, 1.82) is 0 Å². The fourth-order valence-electron chi connectivity index (χ4n) is 2.42. The Hall–Kier alpha value is -1.09. The smallest absolute Gasteiger partial charge is 0.125 e. The predicted octanol–water partition coefficient (Wildman–Crippen LogP) is 2.40. The van der Waals surface area contributed by atoms with Gasteiger partial charge in [0.05, 0.1) is 0 Å². The Morgan fingerprint density at radius 1 is 1.38 bits per heavy atom. The zero-order chi connectivity index (χ0) is 11.4. The molecule has 1 aromatic rings.